The zero-order valence-corrected chi connectivity index (χ0v) is 13.1. The van der Waals surface area contributed by atoms with Crippen LogP contribution in [0.15, 0.2) is 10.5 Å². The Kier molecular flexibility index (Phi) is 4.55. The smallest absolute Gasteiger partial charge is 0.303 e. The highest BCUT2D eigenvalue weighted by atomic mass is 79.9. The molecule has 0 radical (unpaired) electrons. The molecule has 20 heavy (non-hydrogen) atoms. The Morgan fingerprint density at radius 3 is 3.00 bits per heavy atom. The number of benzene rings is 1. The summed E-state index contributed by atoms with van der Waals surface area (Å²) in [5.41, 5.74) is 8.01. The highest BCUT2D eigenvalue weighted by molar-refractivity contribution is 9.10. The van der Waals surface area contributed by atoms with E-state index >= 15 is 0 Å². The normalized spacial score (nSPS) is 18.3. The maximum Gasteiger partial charge on any atom is 0.303 e. The van der Waals surface area contributed by atoms with E-state index in [1.54, 1.807) is 7.11 Å². The van der Waals surface area contributed by atoms with Gasteiger partial charge >= 0.3 is 5.97 Å². The van der Waals surface area contributed by atoms with E-state index in [4.69, 9.17) is 20.3 Å². The Balaban J connectivity index is 2.35. The zero-order valence-electron chi connectivity index (χ0n) is 11.5. The summed E-state index contributed by atoms with van der Waals surface area (Å²) in [6.45, 7) is 2.00. The molecule has 2 rings (SSSR count). The number of methoxy groups -OCH3 is 1. The van der Waals surface area contributed by atoms with Crippen LogP contribution in [-0.4, -0.2) is 24.3 Å². The first kappa shape index (κ1) is 15.1. The number of rotatable bonds is 5. The van der Waals surface area contributed by atoms with Gasteiger partial charge in [0.1, 0.15) is 6.10 Å². The van der Waals surface area contributed by atoms with Crippen molar-refractivity contribution in [1.82, 2.24) is 0 Å². The van der Waals surface area contributed by atoms with Gasteiger partial charge in [0.05, 0.1) is 7.11 Å². The average molecular weight is 344 g/mol. The molecule has 0 aliphatic carbocycles. The van der Waals surface area contributed by atoms with E-state index in [9.17, 15) is 4.79 Å². The molecule has 3 N–H and O–H groups in total. The van der Waals surface area contributed by atoms with E-state index in [1.807, 2.05) is 13.0 Å². The minimum atomic E-state index is -0.846. The molecule has 1 aromatic rings. The van der Waals surface area contributed by atoms with E-state index in [0.717, 1.165) is 27.8 Å². The van der Waals surface area contributed by atoms with Gasteiger partial charge in [0.25, 0.3) is 0 Å². The number of hydrogen-bond donors (Lipinski definition) is 2. The number of carbonyl (C=O) groups is 1. The van der Waals surface area contributed by atoms with Crippen LogP contribution in [0, 0.1) is 0 Å². The summed E-state index contributed by atoms with van der Waals surface area (Å²) >= 11 is 3.57. The Morgan fingerprint density at radius 1 is 1.70 bits per heavy atom. The van der Waals surface area contributed by atoms with Gasteiger partial charge in [0.2, 0.25) is 0 Å². The topological polar surface area (TPSA) is 81.8 Å². The van der Waals surface area contributed by atoms with Crippen molar-refractivity contribution in [2.75, 3.05) is 7.11 Å². The van der Waals surface area contributed by atoms with Crippen LogP contribution in [0.1, 0.15) is 36.9 Å². The van der Waals surface area contributed by atoms with Crippen LogP contribution in [-0.2, 0) is 11.2 Å². The van der Waals surface area contributed by atoms with Crippen molar-refractivity contribution in [3.63, 3.8) is 0 Å². The minimum absolute atomic E-state index is 0.0416. The molecule has 0 amide bonds. The van der Waals surface area contributed by atoms with Crippen LogP contribution in [0.4, 0.5) is 0 Å². The van der Waals surface area contributed by atoms with Crippen LogP contribution in [0.25, 0.3) is 0 Å². The van der Waals surface area contributed by atoms with Crippen LogP contribution in [0.5, 0.6) is 11.5 Å². The SMILES string of the molecule is COc1cc(C(N)CCC(=O)O)c(Br)c2c1OC(C)C2. The molecule has 2 unspecified atom stereocenters. The van der Waals surface area contributed by atoms with Gasteiger partial charge < -0.3 is 20.3 Å². The lowest BCUT2D eigenvalue weighted by Crippen LogP contribution is -2.13. The summed E-state index contributed by atoms with van der Waals surface area (Å²) in [4.78, 5) is 10.7. The Bertz CT molecular complexity index is 532. The van der Waals surface area contributed by atoms with Gasteiger partial charge in [-0.25, -0.2) is 0 Å². The summed E-state index contributed by atoms with van der Waals surface area (Å²) in [5.74, 6) is 0.552. The van der Waals surface area contributed by atoms with E-state index < -0.39 is 5.97 Å². The largest absolute Gasteiger partial charge is 0.493 e. The molecular formula is C14H18BrNO4. The summed E-state index contributed by atoms with van der Waals surface area (Å²) in [6, 6.07) is 1.48. The lowest BCUT2D eigenvalue weighted by molar-refractivity contribution is -0.137. The standard InChI is InChI=1S/C14H18BrNO4/c1-7-5-9-13(15)8(10(16)3-4-12(17)18)6-11(19-2)14(9)20-7/h6-7,10H,3-5,16H2,1-2H3,(H,17,18). The Morgan fingerprint density at radius 2 is 2.40 bits per heavy atom. The monoisotopic (exact) mass is 343 g/mol. The molecule has 110 valence electrons. The van der Waals surface area contributed by atoms with Crippen molar-refractivity contribution in [1.29, 1.82) is 0 Å². The first-order chi connectivity index (χ1) is 9.43. The predicted molar refractivity (Wildman–Crippen MR) is 78.3 cm³/mol. The second kappa shape index (κ2) is 6.01. The first-order valence-electron chi connectivity index (χ1n) is 6.47. The number of carboxylic acids is 1. The number of halogens is 1. The molecule has 6 heteroatoms. The summed E-state index contributed by atoms with van der Waals surface area (Å²) < 4.78 is 12.0. The van der Waals surface area contributed by atoms with Crippen LogP contribution in [0.3, 0.4) is 0 Å². The van der Waals surface area contributed by atoms with Gasteiger partial charge in [-0.3, -0.25) is 4.79 Å². The number of nitrogens with two attached hydrogens (primary N) is 1. The molecule has 0 spiro atoms. The van der Waals surface area contributed by atoms with Crippen LogP contribution >= 0.6 is 15.9 Å². The molecule has 0 aromatic heterocycles. The molecule has 1 aromatic carbocycles. The van der Waals surface area contributed by atoms with Crippen molar-refractivity contribution in [3.05, 3.63) is 21.7 Å². The van der Waals surface area contributed by atoms with Crippen LogP contribution in [0.2, 0.25) is 0 Å². The third-order valence-corrected chi connectivity index (χ3v) is 4.34. The molecule has 0 fully saturated rings. The van der Waals surface area contributed by atoms with Gasteiger partial charge in [-0.15, -0.1) is 0 Å². The molecule has 0 saturated carbocycles. The van der Waals surface area contributed by atoms with Gasteiger partial charge in [-0.05, 0) is 25.0 Å². The van der Waals surface area contributed by atoms with Crippen molar-refractivity contribution in [3.8, 4) is 11.5 Å². The highest BCUT2D eigenvalue weighted by Crippen LogP contribution is 2.45. The van der Waals surface area contributed by atoms with Crippen LogP contribution < -0.4 is 15.2 Å². The molecule has 1 aliphatic rings. The number of aliphatic carboxylic acids is 1. The minimum Gasteiger partial charge on any atom is -0.493 e. The second-order valence-corrected chi connectivity index (χ2v) is 5.75. The fourth-order valence-electron chi connectivity index (χ4n) is 2.39. The third-order valence-electron chi connectivity index (χ3n) is 3.40. The van der Waals surface area contributed by atoms with Gasteiger partial charge in [0.15, 0.2) is 11.5 Å². The number of fused-ring (bicyclic) bond motifs is 1. The van der Waals surface area contributed by atoms with E-state index in [0.29, 0.717) is 12.2 Å². The highest BCUT2D eigenvalue weighted by Gasteiger charge is 2.28. The van der Waals surface area contributed by atoms with E-state index in [-0.39, 0.29) is 18.6 Å². The Hall–Kier alpha value is -1.27. The van der Waals surface area contributed by atoms with Crippen molar-refractivity contribution in [2.45, 2.75) is 38.3 Å². The maximum atomic E-state index is 10.7. The molecular weight excluding hydrogens is 326 g/mol. The summed E-state index contributed by atoms with van der Waals surface area (Å²) in [6.07, 6.45) is 1.30. The van der Waals surface area contributed by atoms with Gasteiger partial charge in [0, 0.05) is 28.9 Å². The molecule has 2 atom stereocenters. The summed E-state index contributed by atoms with van der Waals surface area (Å²) in [7, 11) is 1.59. The number of carboxylic acid groups (broad SMARTS) is 1. The van der Waals surface area contributed by atoms with Crippen molar-refractivity contribution in [2.24, 2.45) is 5.73 Å². The fourth-order valence-corrected chi connectivity index (χ4v) is 3.14. The molecule has 0 bridgehead atoms. The number of ether oxygens (including phenoxy) is 2. The second-order valence-electron chi connectivity index (χ2n) is 4.96. The fraction of sp³-hybridized carbons (Fsp3) is 0.500. The van der Waals surface area contributed by atoms with Gasteiger partial charge in [-0.2, -0.15) is 0 Å². The molecule has 1 heterocycles. The third kappa shape index (κ3) is 2.91. The van der Waals surface area contributed by atoms with E-state index in [2.05, 4.69) is 15.9 Å². The first-order valence-corrected chi connectivity index (χ1v) is 7.26. The number of hydrogen-bond acceptors (Lipinski definition) is 4. The van der Waals surface area contributed by atoms with E-state index in [1.165, 1.54) is 0 Å². The Labute approximate surface area is 126 Å². The molecule has 0 saturated heterocycles. The molecule has 1 aliphatic heterocycles. The predicted octanol–water partition coefficient (Wildman–Crippen LogP) is 2.65. The molecule has 5 nitrogen and oxygen atoms in total. The van der Waals surface area contributed by atoms with Crippen molar-refractivity contribution >= 4 is 21.9 Å². The lowest BCUT2D eigenvalue weighted by Gasteiger charge is -2.17. The van der Waals surface area contributed by atoms with Crippen molar-refractivity contribution < 1.29 is 19.4 Å². The lowest BCUT2D eigenvalue weighted by atomic mass is 9.98. The quantitative estimate of drug-likeness (QED) is 0.858. The maximum absolute atomic E-state index is 10.7. The zero-order chi connectivity index (χ0) is 14.9. The average Bonchev–Trinajstić information content (AvgIpc) is 2.79. The summed E-state index contributed by atoms with van der Waals surface area (Å²) in [5, 5.41) is 8.76. The van der Waals surface area contributed by atoms with Gasteiger partial charge in [-0.1, -0.05) is 15.9 Å².